The van der Waals surface area contributed by atoms with Gasteiger partial charge in [-0.1, -0.05) is 18.7 Å². The molecule has 2 rings (SSSR count). The van der Waals surface area contributed by atoms with Gasteiger partial charge < -0.3 is 25.2 Å². The van der Waals surface area contributed by atoms with Crippen LogP contribution in [0.4, 0.5) is 4.79 Å². The summed E-state index contributed by atoms with van der Waals surface area (Å²) in [5, 5.41) is 14.6. The zero-order chi connectivity index (χ0) is 17.7. The standard InChI is InChI=1S/C17H22N2O5/c1-10(2)23-8-9-24-16(21)14-11(3)18-17(22)19-15(14)12-4-6-13(20)7-5-12/h4-7,10,14-15,20H,3,8-9H2,1-2H3,(H2,18,19,22)/t14-,15+/m0/s1. The lowest BCUT2D eigenvalue weighted by Crippen LogP contribution is -2.51. The van der Waals surface area contributed by atoms with Crippen molar-refractivity contribution in [2.75, 3.05) is 13.2 Å². The van der Waals surface area contributed by atoms with E-state index in [0.29, 0.717) is 12.2 Å². The van der Waals surface area contributed by atoms with Gasteiger partial charge in [0.15, 0.2) is 0 Å². The van der Waals surface area contributed by atoms with Gasteiger partial charge in [-0.2, -0.15) is 0 Å². The molecule has 1 saturated heterocycles. The number of carbonyl (C=O) groups excluding carboxylic acids is 2. The van der Waals surface area contributed by atoms with E-state index in [1.165, 1.54) is 12.1 Å². The monoisotopic (exact) mass is 334 g/mol. The van der Waals surface area contributed by atoms with Gasteiger partial charge in [0.2, 0.25) is 0 Å². The minimum atomic E-state index is -0.772. The van der Waals surface area contributed by atoms with Crippen molar-refractivity contribution in [3.63, 3.8) is 0 Å². The minimum absolute atomic E-state index is 0.0547. The fourth-order valence-corrected chi connectivity index (χ4v) is 2.44. The summed E-state index contributed by atoms with van der Waals surface area (Å²) < 4.78 is 10.6. The number of phenols is 1. The van der Waals surface area contributed by atoms with Crippen LogP contribution in [0, 0.1) is 5.92 Å². The van der Waals surface area contributed by atoms with Crippen molar-refractivity contribution in [1.82, 2.24) is 10.6 Å². The van der Waals surface area contributed by atoms with Crippen LogP contribution in [0.3, 0.4) is 0 Å². The van der Waals surface area contributed by atoms with Gasteiger partial charge in [0.25, 0.3) is 0 Å². The average molecular weight is 334 g/mol. The second kappa shape index (κ2) is 7.83. The molecule has 24 heavy (non-hydrogen) atoms. The van der Waals surface area contributed by atoms with E-state index in [1.807, 2.05) is 13.8 Å². The first-order valence-electron chi connectivity index (χ1n) is 7.72. The first-order valence-corrected chi connectivity index (χ1v) is 7.72. The Labute approximate surface area is 140 Å². The van der Waals surface area contributed by atoms with Crippen LogP contribution in [0.1, 0.15) is 25.5 Å². The molecule has 0 aliphatic carbocycles. The molecule has 1 aromatic rings. The van der Waals surface area contributed by atoms with Crippen molar-refractivity contribution in [1.29, 1.82) is 0 Å². The lowest BCUT2D eigenvalue weighted by molar-refractivity contribution is -0.150. The zero-order valence-electron chi connectivity index (χ0n) is 13.7. The average Bonchev–Trinajstić information content (AvgIpc) is 2.51. The van der Waals surface area contributed by atoms with Crippen molar-refractivity contribution in [3.05, 3.63) is 42.1 Å². The third-order valence-electron chi connectivity index (χ3n) is 3.55. The van der Waals surface area contributed by atoms with Crippen LogP contribution in [0.15, 0.2) is 36.5 Å². The first-order chi connectivity index (χ1) is 11.4. The smallest absolute Gasteiger partial charge is 0.319 e. The number of rotatable bonds is 6. The van der Waals surface area contributed by atoms with E-state index in [2.05, 4.69) is 17.2 Å². The predicted molar refractivity (Wildman–Crippen MR) is 87.2 cm³/mol. The topological polar surface area (TPSA) is 96.9 Å². The summed E-state index contributed by atoms with van der Waals surface area (Å²) in [6, 6.07) is 5.20. The first kappa shape index (κ1) is 17.8. The minimum Gasteiger partial charge on any atom is -0.508 e. The summed E-state index contributed by atoms with van der Waals surface area (Å²) in [7, 11) is 0. The Balaban J connectivity index is 2.10. The molecule has 0 unspecified atom stereocenters. The summed E-state index contributed by atoms with van der Waals surface area (Å²) in [6.45, 7) is 7.97. The van der Waals surface area contributed by atoms with E-state index < -0.39 is 24.0 Å². The molecule has 3 N–H and O–H groups in total. The summed E-state index contributed by atoms with van der Waals surface area (Å²) >= 11 is 0. The van der Waals surface area contributed by atoms with Gasteiger partial charge in [-0.3, -0.25) is 4.79 Å². The Bertz CT molecular complexity index is 612. The Hall–Kier alpha value is -2.54. The lowest BCUT2D eigenvalue weighted by Gasteiger charge is -2.33. The highest BCUT2D eigenvalue weighted by atomic mass is 16.6. The number of urea groups is 1. The molecule has 7 heteroatoms. The molecule has 1 aromatic carbocycles. The van der Waals surface area contributed by atoms with E-state index in [9.17, 15) is 14.7 Å². The van der Waals surface area contributed by atoms with Crippen LogP contribution in [-0.2, 0) is 14.3 Å². The van der Waals surface area contributed by atoms with Crippen LogP contribution in [0.2, 0.25) is 0 Å². The molecular formula is C17H22N2O5. The summed E-state index contributed by atoms with van der Waals surface area (Å²) in [4.78, 5) is 24.2. The van der Waals surface area contributed by atoms with Crippen LogP contribution >= 0.6 is 0 Å². The van der Waals surface area contributed by atoms with Crippen molar-refractivity contribution in [2.24, 2.45) is 5.92 Å². The maximum absolute atomic E-state index is 12.4. The van der Waals surface area contributed by atoms with E-state index in [1.54, 1.807) is 12.1 Å². The molecule has 2 amide bonds. The molecule has 0 bridgehead atoms. The molecule has 2 atom stereocenters. The van der Waals surface area contributed by atoms with Gasteiger partial charge in [0, 0.05) is 5.70 Å². The van der Waals surface area contributed by atoms with Crippen molar-refractivity contribution in [2.45, 2.75) is 26.0 Å². The molecule has 0 saturated carbocycles. The number of hydrogen-bond donors (Lipinski definition) is 3. The number of esters is 1. The highest BCUT2D eigenvalue weighted by Crippen LogP contribution is 2.31. The van der Waals surface area contributed by atoms with Gasteiger partial charge in [-0.05, 0) is 31.5 Å². The van der Waals surface area contributed by atoms with E-state index in [0.717, 1.165) is 0 Å². The Morgan fingerprint density at radius 3 is 2.58 bits per heavy atom. The van der Waals surface area contributed by atoms with Crippen LogP contribution in [0.5, 0.6) is 5.75 Å². The summed E-state index contributed by atoms with van der Waals surface area (Å²) in [6.07, 6.45) is 0.0547. The number of carbonyl (C=O) groups is 2. The van der Waals surface area contributed by atoms with E-state index in [4.69, 9.17) is 9.47 Å². The Morgan fingerprint density at radius 1 is 1.29 bits per heavy atom. The number of phenolic OH excluding ortho intramolecular Hbond substituents is 1. The molecule has 1 aliphatic heterocycles. The van der Waals surface area contributed by atoms with Gasteiger partial charge in [-0.25, -0.2) is 4.79 Å². The maximum Gasteiger partial charge on any atom is 0.319 e. The Kier molecular flexibility index (Phi) is 5.81. The fourth-order valence-electron chi connectivity index (χ4n) is 2.44. The second-order valence-electron chi connectivity index (χ2n) is 5.76. The van der Waals surface area contributed by atoms with Gasteiger partial charge >= 0.3 is 12.0 Å². The lowest BCUT2D eigenvalue weighted by atomic mass is 9.89. The summed E-state index contributed by atoms with van der Waals surface area (Å²) in [5.74, 6) is -1.17. The molecule has 0 aromatic heterocycles. The van der Waals surface area contributed by atoms with Gasteiger partial charge in [-0.15, -0.1) is 0 Å². The highest BCUT2D eigenvalue weighted by molar-refractivity contribution is 5.85. The molecule has 0 spiro atoms. The van der Waals surface area contributed by atoms with Crippen LogP contribution < -0.4 is 10.6 Å². The van der Waals surface area contributed by atoms with E-state index >= 15 is 0 Å². The van der Waals surface area contributed by atoms with Gasteiger partial charge in [0.05, 0.1) is 18.8 Å². The van der Waals surface area contributed by atoms with Crippen molar-refractivity contribution in [3.8, 4) is 5.75 Å². The summed E-state index contributed by atoms with van der Waals surface area (Å²) in [5.41, 5.74) is 0.941. The fraction of sp³-hybridized carbons (Fsp3) is 0.412. The SMILES string of the molecule is C=C1NC(=O)N[C@H](c2ccc(O)cc2)[C@H]1C(=O)OCCOC(C)C. The van der Waals surface area contributed by atoms with Crippen molar-refractivity contribution >= 4 is 12.0 Å². The third-order valence-corrected chi connectivity index (χ3v) is 3.55. The molecule has 0 radical (unpaired) electrons. The van der Waals surface area contributed by atoms with Crippen molar-refractivity contribution < 1.29 is 24.2 Å². The second-order valence-corrected chi connectivity index (χ2v) is 5.76. The molecule has 130 valence electrons. The maximum atomic E-state index is 12.4. The van der Waals surface area contributed by atoms with Crippen LogP contribution in [0.25, 0.3) is 0 Å². The number of ether oxygens (including phenoxy) is 2. The molecule has 1 aliphatic rings. The predicted octanol–water partition coefficient (Wildman–Crippen LogP) is 1.84. The van der Waals surface area contributed by atoms with E-state index in [-0.39, 0.29) is 24.2 Å². The molecule has 1 fully saturated rings. The zero-order valence-corrected chi connectivity index (χ0v) is 13.7. The third kappa shape index (κ3) is 4.48. The quantitative estimate of drug-likeness (QED) is 0.545. The Morgan fingerprint density at radius 2 is 1.96 bits per heavy atom. The number of hydrogen-bond acceptors (Lipinski definition) is 5. The molecule has 7 nitrogen and oxygen atoms in total. The molecule has 1 heterocycles. The van der Waals surface area contributed by atoms with Crippen LogP contribution in [-0.4, -0.2) is 36.4 Å². The number of nitrogens with one attached hydrogen (secondary N) is 2. The normalized spacial score (nSPS) is 20.5. The highest BCUT2D eigenvalue weighted by Gasteiger charge is 2.38. The number of aromatic hydroxyl groups is 1. The van der Waals surface area contributed by atoms with Gasteiger partial charge in [0.1, 0.15) is 18.3 Å². The number of benzene rings is 1. The molecular weight excluding hydrogens is 312 g/mol. The number of amides is 2. The largest absolute Gasteiger partial charge is 0.508 e.